The second-order valence-corrected chi connectivity index (χ2v) is 7.29. The molecule has 0 bridgehead atoms. The Morgan fingerprint density at radius 3 is 2.70 bits per heavy atom. The number of nitrogens with one attached hydrogen (secondary N) is 1. The van der Waals surface area contributed by atoms with Gasteiger partial charge in [0.25, 0.3) is 5.56 Å². The Labute approximate surface area is 164 Å². The van der Waals surface area contributed by atoms with Crippen LogP contribution < -0.4 is 17.0 Å². The lowest BCUT2D eigenvalue weighted by Gasteiger charge is -2.31. The summed E-state index contributed by atoms with van der Waals surface area (Å²) < 4.78 is 1.08. The van der Waals surface area contributed by atoms with Gasteiger partial charge in [-0.3, -0.25) is 9.78 Å². The highest BCUT2D eigenvalue weighted by Crippen LogP contribution is 2.46. The van der Waals surface area contributed by atoms with Crippen molar-refractivity contribution < 1.29 is 0 Å². The second-order valence-electron chi connectivity index (χ2n) is 6.44. The van der Waals surface area contributed by atoms with E-state index < -0.39 is 16.7 Å². The highest BCUT2D eigenvalue weighted by atomic mass is 35.5. The zero-order valence-corrected chi connectivity index (χ0v) is 15.7. The monoisotopic (exact) mass is 398 g/mol. The molecule has 6 nitrogen and oxygen atoms in total. The van der Waals surface area contributed by atoms with Gasteiger partial charge in [-0.2, -0.15) is 9.78 Å². The predicted molar refractivity (Wildman–Crippen MR) is 108 cm³/mol. The molecule has 136 valence electrons. The minimum absolute atomic E-state index is 0.362. The molecule has 0 aliphatic heterocycles. The van der Waals surface area contributed by atoms with Crippen LogP contribution in [-0.4, -0.2) is 19.8 Å². The highest BCUT2D eigenvalue weighted by molar-refractivity contribution is 7.80. The Hall–Kier alpha value is -2.77. The summed E-state index contributed by atoms with van der Waals surface area (Å²) in [5.41, 5.74) is 7.85. The third-order valence-electron chi connectivity index (χ3n) is 5.04. The number of hydrogen-bond donors (Lipinski definition) is 2. The Morgan fingerprint density at radius 2 is 2.00 bits per heavy atom. The molecule has 1 aliphatic carbocycles. The molecule has 0 amide bonds. The van der Waals surface area contributed by atoms with Crippen molar-refractivity contribution in [2.45, 2.75) is 18.3 Å². The average molecular weight is 399 g/mol. The van der Waals surface area contributed by atoms with Gasteiger partial charge >= 0.3 is 5.69 Å². The molecule has 1 aliphatic rings. The van der Waals surface area contributed by atoms with E-state index in [0.717, 1.165) is 34.8 Å². The van der Waals surface area contributed by atoms with Crippen LogP contribution in [0.4, 0.5) is 0 Å². The zero-order valence-electron chi connectivity index (χ0n) is 14.1. The maximum atomic E-state index is 12.0. The van der Waals surface area contributed by atoms with Crippen molar-refractivity contribution in [1.29, 1.82) is 0 Å². The van der Waals surface area contributed by atoms with Crippen LogP contribution in [0.1, 0.15) is 23.1 Å². The second kappa shape index (κ2) is 6.44. The summed E-state index contributed by atoms with van der Waals surface area (Å²) in [4.78, 5) is 25.7. The van der Waals surface area contributed by atoms with E-state index in [1.807, 2.05) is 24.3 Å². The summed E-state index contributed by atoms with van der Waals surface area (Å²) in [5.74, 6) is 0. The molecule has 4 rings (SSSR count). The van der Waals surface area contributed by atoms with E-state index in [4.69, 9.17) is 29.6 Å². The Morgan fingerprint density at radius 1 is 1.22 bits per heavy atom. The van der Waals surface area contributed by atoms with E-state index in [1.54, 1.807) is 12.1 Å². The molecule has 0 fully saturated rings. The quantitative estimate of drug-likeness (QED) is 0.659. The van der Waals surface area contributed by atoms with Crippen molar-refractivity contribution in [3.8, 4) is 5.69 Å². The van der Waals surface area contributed by atoms with Crippen molar-refractivity contribution in [2.75, 3.05) is 0 Å². The number of rotatable bonds is 3. The normalized spacial score (nSPS) is 18.3. The molecule has 1 atom stereocenters. The van der Waals surface area contributed by atoms with E-state index in [9.17, 15) is 9.59 Å². The molecular formula is C19H15ClN4O2S. The predicted octanol–water partition coefficient (Wildman–Crippen LogP) is 2.09. The van der Waals surface area contributed by atoms with Crippen molar-refractivity contribution >= 4 is 28.8 Å². The number of aryl methyl sites for hydroxylation is 1. The van der Waals surface area contributed by atoms with Gasteiger partial charge in [0.05, 0.1) is 16.1 Å². The van der Waals surface area contributed by atoms with E-state index in [-0.39, 0.29) is 0 Å². The highest BCUT2D eigenvalue weighted by Gasteiger charge is 2.44. The van der Waals surface area contributed by atoms with Crippen LogP contribution in [-0.2, 0) is 11.8 Å². The van der Waals surface area contributed by atoms with Crippen LogP contribution in [0.25, 0.3) is 5.69 Å². The van der Waals surface area contributed by atoms with Gasteiger partial charge in [0.15, 0.2) is 0 Å². The van der Waals surface area contributed by atoms with Crippen molar-refractivity contribution in [2.24, 2.45) is 5.73 Å². The third-order valence-corrected chi connectivity index (χ3v) is 5.70. The molecule has 2 aromatic carbocycles. The Bertz CT molecular complexity index is 1190. The molecule has 1 heterocycles. The van der Waals surface area contributed by atoms with E-state index in [0.29, 0.717) is 15.7 Å². The topological polar surface area (TPSA) is 93.8 Å². The fourth-order valence-electron chi connectivity index (χ4n) is 3.80. The zero-order chi connectivity index (χ0) is 19.2. The number of aromatic nitrogens is 3. The molecule has 1 unspecified atom stereocenters. The van der Waals surface area contributed by atoms with Gasteiger partial charge in [-0.1, -0.05) is 54.2 Å². The smallest absolute Gasteiger partial charge is 0.349 e. The van der Waals surface area contributed by atoms with E-state index in [1.165, 1.54) is 5.56 Å². The molecule has 27 heavy (non-hydrogen) atoms. The first-order chi connectivity index (χ1) is 12.9. The number of aromatic amines is 1. The lowest BCUT2D eigenvalue weighted by molar-refractivity contribution is 0.676. The number of nitrogens with two attached hydrogens (primary N) is 1. The number of halogens is 1. The van der Waals surface area contributed by atoms with Crippen LogP contribution in [0.3, 0.4) is 0 Å². The maximum Gasteiger partial charge on any atom is 0.349 e. The molecular weight excluding hydrogens is 384 g/mol. The Kier molecular flexibility index (Phi) is 4.20. The average Bonchev–Trinajstić information content (AvgIpc) is 3.02. The third kappa shape index (κ3) is 2.70. The first-order valence-corrected chi connectivity index (χ1v) is 9.09. The first-order valence-electron chi connectivity index (χ1n) is 8.31. The first kappa shape index (κ1) is 17.6. The standard InChI is InChI=1S/C19H15ClN4O2S/c20-15-9-12(24-18(26)23-16(25)10-22-24)5-6-14(15)19(17(21)27)8-7-11-3-1-2-4-13(11)19/h1-6,9-10H,7-8H2,(H2,21,27)(H,23,25,26). The molecule has 0 spiro atoms. The largest absolute Gasteiger partial charge is 0.392 e. The van der Waals surface area contributed by atoms with E-state index >= 15 is 0 Å². The van der Waals surface area contributed by atoms with Gasteiger partial charge in [-0.15, -0.1) is 0 Å². The number of nitrogens with zero attached hydrogens (tertiary/aromatic N) is 2. The molecule has 8 heteroatoms. The molecule has 1 aromatic heterocycles. The summed E-state index contributed by atoms with van der Waals surface area (Å²) in [6, 6.07) is 13.2. The number of fused-ring (bicyclic) bond motifs is 1. The van der Waals surface area contributed by atoms with Gasteiger partial charge in [0.1, 0.15) is 6.20 Å². The summed E-state index contributed by atoms with van der Waals surface area (Å²) in [6.45, 7) is 0. The molecule has 0 saturated heterocycles. The number of hydrogen-bond acceptors (Lipinski definition) is 4. The van der Waals surface area contributed by atoms with Crippen molar-refractivity contribution in [3.05, 3.63) is 91.2 Å². The summed E-state index contributed by atoms with van der Waals surface area (Å²) in [6.07, 6.45) is 2.62. The van der Waals surface area contributed by atoms with E-state index in [2.05, 4.69) is 16.1 Å². The van der Waals surface area contributed by atoms with Crippen molar-refractivity contribution in [3.63, 3.8) is 0 Å². The summed E-state index contributed by atoms with van der Waals surface area (Å²) >= 11 is 12.1. The maximum absolute atomic E-state index is 12.0. The SMILES string of the molecule is NC(=S)C1(c2ccc(-n3ncc(=O)[nH]c3=O)cc2Cl)CCc2ccccc21. The Balaban J connectivity index is 1.89. The molecule has 0 radical (unpaired) electrons. The lowest BCUT2D eigenvalue weighted by Crippen LogP contribution is -2.39. The van der Waals surface area contributed by atoms with Crippen LogP contribution in [0, 0.1) is 0 Å². The van der Waals surface area contributed by atoms with Crippen LogP contribution in [0.5, 0.6) is 0 Å². The molecule has 0 saturated carbocycles. The minimum atomic E-state index is -0.648. The van der Waals surface area contributed by atoms with Gasteiger partial charge in [-0.05, 0) is 41.7 Å². The fourth-order valence-corrected chi connectivity index (χ4v) is 4.46. The van der Waals surface area contributed by atoms with Crippen LogP contribution in [0.2, 0.25) is 5.02 Å². The van der Waals surface area contributed by atoms with Gasteiger partial charge in [0, 0.05) is 5.02 Å². The molecule has 3 N–H and O–H groups in total. The van der Waals surface area contributed by atoms with Crippen LogP contribution >= 0.6 is 23.8 Å². The van der Waals surface area contributed by atoms with Gasteiger partial charge < -0.3 is 5.73 Å². The minimum Gasteiger partial charge on any atom is -0.392 e. The summed E-state index contributed by atoms with van der Waals surface area (Å²) in [5, 5.41) is 4.28. The molecule has 3 aromatic rings. The van der Waals surface area contributed by atoms with Gasteiger partial charge in [0.2, 0.25) is 0 Å². The van der Waals surface area contributed by atoms with Crippen LogP contribution in [0.15, 0.2) is 58.3 Å². The number of thiocarbonyl (C=S) groups is 1. The fraction of sp³-hybridized carbons (Fsp3) is 0.158. The number of benzene rings is 2. The lowest BCUT2D eigenvalue weighted by atomic mass is 9.75. The summed E-state index contributed by atoms with van der Waals surface area (Å²) in [7, 11) is 0. The van der Waals surface area contributed by atoms with Gasteiger partial charge in [-0.25, -0.2) is 4.79 Å². The number of H-pyrrole nitrogens is 1. The van der Waals surface area contributed by atoms with Crippen molar-refractivity contribution in [1.82, 2.24) is 14.8 Å².